The molecule has 0 aliphatic rings. The third-order valence-electron chi connectivity index (χ3n) is 10.2. The molecule has 3 atom stereocenters. The summed E-state index contributed by atoms with van der Waals surface area (Å²) >= 11 is 0. The van der Waals surface area contributed by atoms with Gasteiger partial charge in [0.2, 0.25) is 5.91 Å². The first kappa shape index (κ1) is 55.8. The number of allylic oxidation sites excluding steroid dienone is 15. The SMILES string of the molecule is CC/C=C/C=C/C=C/CCCCCCCCCC(=O)OC(/C=C/C/C=C/C/C=C/C/C=C/C/C=C/CC)CC(=O)NC(CO)C(O)CCCCCCCCCCCCC. The molecule has 3 unspecified atom stereocenters. The molecule has 6 heteroatoms. The fourth-order valence-electron chi connectivity index (χ4n) is 6.63. The Balaban J connectivity index is 4.79. The molecule has 0 radical (unpaired) electrons. The molecule has 0 fully saturated rings. The molecule has 0 aromatic heterocycles. The van der Waals surface area contributed by atoms with Gasteiger partial charge in [-0.1, -0.05) is 215 Å². The Labute approximate surface area is 363 Å². The molecule has 1 amide bonds. The third kappa shape index (κ3) is 41.3. The molecule has 0 aromatic rings. The topological polar surface area (TPSA) is 95.9 Å². The van der Waals surface area contributed by atoms with E-state index in [1.807, 2.05) is 6.08 Å². The highest BCUT2D eigenvalue weighted by molar-refractivity contribution is 5.78. The molecule has 6 nitrogen and oxygen atoms in total. The fourth-order valence-corrected chi connectivity index (χ4v) is 6.63. The van der Waals surface area contributed by atoms with Crippen LogP contribution in [0.1, 0.15) is 201 Å². The molecule has 0 aliphatic carbocycles. The Kier molecular flexibility index (Phi) is 43.4. The van der Waals surface area contributed by atoms with Crippen LogP contribution in [0.3, 0.4) is 0 Å². The second kappa shape index (κ2) is 45.9. The number of carbonyl (C=O) groups excluding carboxylic acids is 2. The minimum Gasteiger partial charge on any atom is -0.458 e. The lowest BCUT2D eigenvalue weighted by atomic mass is 10.0. The standard InChI is InChI=1S/C53H89NO5/c1-4-7-10-13-16-19-22-24-26-28-31-34-37-40-43-46-53(58)59-49(44-41-38-35-32-30-27-25-23-20-17-14-11-8-5-2)47-52(57)54-50(48-55)51(56)45-42-39-36-33-29-21-18-15-12-9-6-3/h7-8,10-11,13,16-17,19-20,22,25,27,32,35,41,44,49-51,55-56H,4-6,9,12,14-15,18,21,23-24,26,28-31,33-34,36-40,42-43,45-48H2,1-3H3,(H,54,57)/b10-7+,11-8+,16-13+,20-17+,22-19+,27-25+,35-32+,44-41+. The fraction of sp³-hybridized carbons (Fsp3) is 0.660. The summed E-state index contributed by atoms with van der Waals surface area (Å²) in [6.07, 6.45) is 60.6. The highest BCUT2D eigenvalue weighted by Gasteiger charge is 2.23. The number of rotatable bonds is 41. The molecule has 0 saturated carbocycles. The first-order valence-electron chi connectivity index (χ1n) is 24.0. The van der Waals surface area contributed by atoms with Gasteiger partial charge in [0.25, 0.3) is 0 Å². The van der Waals surface area contributed by atoms with Gasteiger partial charge in [0.1, 0.15) is 6.10 Å². The molecule has 59 heavy (non-hydrogen) atoms. The molecule has 0 heterocycles. The van der Waals surface area contributed by atoms with Gasteiger partial charge in [-0.25, -0.2) is 0 Å². The molecule has 3 N–H and O–H groups in total. The van der Waals surface area contributed by atoms with Gasteiger partial charge in [-0.05, 0) is 70.3 Å². The highest BCUT2D eigenvalue weighted by atomic mass is 16.5. The number of nitrogens with one attached hydrogen (secondary N) is 1. The molecular weight excluding hydrogens is 731 g/mol. The number of ether oxygens (including phenoxy) is 1. The van der Waals surface area contributed by atoms with Crippen LogP contribution in [-0.2, 0) is 14.3 Å². The van der Waals surface area contributed by atoms with Gasteiger partial charge in [-0.15, -0.1) is 0 Å². The van der Waals surface area contributed by atoms with Crippen molar-refractivity contribution < 1.29 is 24.5 Å². The lowest BCUT2D eigenvalue weighted by Crippen LogP contribution is -2.46. The quantitative estimate of drug-likeness (QED) is 0.0247. The van der Waals surface area contributed by atoms with Crippen LogP contribution in [0.15, 0.2) is 97.2 Å². The van der Waals surface area contributed by atoms with Crippen molar-refractivity contribution >= 4 is 11.9 Å². The number of aliphatic hydroxyl groups is 2. The van der Waals surface area contributed by atoms with Crippen molar-refractivity contribution in [2.75, 3.05) is 6.61 Å². The van der Waals surface area contributed by atoms with Crippen molar-refractivity contribution in [3.63, 3.8) is 0 Å². The van der Waals surface area contributed by atoms with Crippen molar-refractivity contribution in [3.05, 3.63) is 97.2 Å². The first-order valence-corrected chi connectivity index (χ1v) is 24.0. The first-order chi connectivity index (χ1) is 29.0. The number of aliphatic hydroxyl groups excluding tert-OH is 2. The van der Waals surface area contributed by atoms with Crippen molar-refractivity contribution in [1.29, 1.82) is 0 Å². The van der Waals surface area contributed by atoms with Crippen molar-refractivity contribution in [3.8, 4) is 0 Å². The van der Waals surface area contributed by atoms with Gasteiger partial charge in [0.15, 0.2) is 0 Å². The molecule has 0 bridgehead atoms. The van der Waals surface area contributed by atoms with Gasteiger partial charge in [-0.3, -0.25) is 9.59 Å². The Hall–Kier alpha value is -3.22. The summed E-state index contributed by atoms with van der Waals surface area (Å²) in [4.78, 5) is 26.0. The average molecular weight is 820 g/mol. The number of hydrogen-bond acceptors (Lipinski definition) is 5. The zero-order chi connectivity index (χ0) is 43.1. The van der Waals surface area contributed by atoms with E-state index in [9.17, 15) is 19.8 Å². The van der Waals surface area contributed by atoms with Crippen LogP contribution in [0.2, 0.25) is 0 Å². The van der Waals surface area contributed by atoms with Gasteiger partial charge < -0.3 is 20.3 Å². The number of hydrogen-bond donors (Lipinski definition) is 3. The van der Waals surface area contributed by atoms with E-state index in [0.29, 0.717) is 19.3 Å². The van der Waals surface area contributed by atoms with E-state index in [0.717, 1.165) is 77.0 Å². The number of carbonyl (C=O) groups is 2. The maximum atomic E-state index is 13.1. The molecular formula is C53H89NO5. The highest BCUT2D eigenvalue weighted by Crippen LogP contribution is 2.15. The minimum absolute atomic E-state index is 0.0561. The van der Waals surface area contributed by atoms with Crippen LogP contribution < -0.4 is 5.32 Å². The van der Waals surface area contributed by atoms with Gasteiger partial charge in [0.05, 0.1) is 25.2 Å². The Morgan fingerprint density at radius 2 is 1.02 bits per heavy atom. The Morgan fingerprint density at radius 1 is 0.542 bits per heavy atom. The summed E-state index contributed by atoms with van der Waals surface area (Å²) in [5.41, 5.74) is 0. The molecule has 336 valence electrons. The normalized spacial score (nSPS) is 14.2. The second-order valence-electron chi connectivity index (χ2n) is 15.8. The molecule has 0 rings (SSSR count). The Morgan fingerprint density at radius 3 is 1.56 bits per heavy atom. The summed E-state index contributed by atoms with van der Waals surface area (Å²) < 4.78 is 5.80. The predicted molar refractivity (Wildman–Crippen MR) is 254 cm³/mol. The van der Waals surface area contributed by atoms with Crippen molar-refractivity contribution in [2.45, 2.75) is 219 Å². The van der Waals surface area contributed by atoms with Crippen LogP contribution >= 0.6 is 0 Å². The van der Waals surface area contributed by atoms with E-state index in [1.165, 1.54) is 77.0 Å². The van der Waals surface area contributed by atoms with E-state index in [1.54, 1.807) is 6.08 Å². The number of unbranched alkanes of at least 4 members (excludes halogenated alkanes) is 17. The molecule has 0 aromatic carbocycles. The summed E-state index contributed by atoms with van der Waals surface area (Å²) in [5, 5.41) is 23.6. The summed E-state index contributed by atoms with van der Waals surface area (Å²) in [5.74, 6) is -0.651. The number of esters is 1. The third-order valence-corrected chi connectivity index (χ3v) is 10.2. The summed E-state index contributed by atoms with van der Waals surface area (Å²) in [7, 11) is 0. The maximum absolute atomic E-state index is 13.1. The van der Waals surface area contributed by atoms with E-state index < -0.39 is 18.2 Å². The monoisotopic (exact) mass is 820 g/mol. The molecule has 0 aliphatic heterocycles. The van der Waals surface area contributed by atoms with Crippen LogP contribution in [-0.4, -0.2) is 46.9 Å². The zero-order valence-electron chi connectivity index (χ0n) is 38.1. The van der Waals surface area contributed by atoms with Crippen molar-refractivity contribution in [1.82, 2.24) is 5.32 Å². The second-order valence-corrected chi connectivity index (χ2v) is 15.8. The van der Waals surface area contributed by atoms with E-state index in [2.05, 4.69) is 111 Å². The van der Waals surface area contributed by atoms with Crippen LogP contribution in [0, 0.1) is 0 Å². The van der Waals surface area contributed by atoms with Crippen LogP contribution in [0.4, 0.5) is 0 Å². The summed E-state index contributed by atoms with van der Waals surface area (Å²) in [6, 6.07) is -0.748. The number of amides is 1. The Bertz CT molecular complexity index is 1190. The smallest absolute Gasteiger partial charge is 0.306 e. The largest absolute Gasteiger partial charge is 0.458 e. The molecule has 0 spiro atoms. The van der Waals surface area contributed by atoms with Gasteiger partial charge in [-0.2, -0.15) is 0 Å². The van der Waals surface area contributed by atoms with Gasteiger partial charge in [0, 0.05) is 6.42 Å². The predicted octanol–water partition coefficient (Wildman–Crippen LogP) is 14.2. The van der Waals surface area contributed by atoms with E-state index in [4.69, 9.17) is 4.74 Å². The average Bonchev–Trinajstić information content (AvgIpc) is 3.23. The minimum atomic E-state index is -0.825. The van der Waals surface area contributed by atoms with E-state index >= 15 is 0 Å². The van der Waals surface area contributed by atoms with Gasteiger partial charge >= 0.3 is 5.97 Å². The van der Waals surface area contributed by atoms with Crippen molar-refractivity contribution in [2.24, 2.45) is 0 Å². The lowest BCUT2D eigenvalue weighted by molar-refractivity contribution is -0.148. The summed E-state index contributed by atoms with van der Waals surface area (Å²) in [6.45, 7) is 6.17. The van der Waals surface area contributed by atoms with Crippen LogP contribution in [0.5, 0.6) is 0 Å². The van der Waals surface area contributed by atoms with E-state index in [-0.39, 0.29) is 24.9 Å². The maximum Gasteiger partial charge on any atom is 0.306 e. The zero-order valence-corrected chi connectivity index (χ0v) is 38.1. The molecule has 0 saturated heterocycles. The van der Waals surface area contributed by atoms with Crippen LogP contribution in [0.25, 0.3) is 0 Å². The lowest BCUT2D eigenvalue weighted by Gasteiger charge is -2.23.